The lowest BCUT2D eigenvalue weighted by Crippen LogP contribution is -2.51. The lowest BCUT2D eigenvalue weighted by atomic mass is 9.95. The van der Waals surface area contributed by atoms with E-state index in [1.54, 1.807) is 0 Å². The second-order valence-electron chi connectivity index (χ2n) is 20.4. The molecule has 4 saturated heterocycles. The predicted molar refractivity (Wildman–Crippen MR) is 284 cm³/mol. The zero-order chi connectivity index (χ0) is 57.8. The van der Waals surface area contributed by atoms with Gasteiger partial charge < -0.3 is 59.6 Å². The first-order chi connectivity index (χ1) is 38.8. The number of nitrogens with two attached hydrogens (primary N) is 1. The summed E-state index contributed by atoms with van der Waals surface area (Å²) in [4.78, 5) is 93.7. The molecule has 10 rings (SSSR count). The van der Waals surface area contributed by atoms with E-state index >= 15 is 8.78 Å². The van der Waals surface area contributed by atoms with Crippen molar-refractivity contribution in [3.8, 4) is 0 Å². The minimum atomic E-state index is -4.86. The third kappa shape index (κ3) is 16.4. The fraction of sp³-hybridized carbons (Fsp3) is 0.708. The number of amides is 1. The minimum Gasteiger partial charge on any atom is -0.456 e. The van der Waals surface area contributed by atoms with Crippen LogP contribution in [0.15, 0.2) is 30.3 Å². The van der Waals surface area contributed by atoms with Gasteiger partial charge in [0.25, 0.3) is 0 Å². The Labute approximate surface area is 465 Å². The molecule has 2 saturated carbocycles. The van der Waals surface area contributed by atoms with Crippen molar-refractivity contribution in [2.24, 2.45) is 4.99 Å². The highest BCUT2D eigenvalue weighted by atomic mass is 31.2. The largest absolute Gasteiger partial charge is 0.469 e. The maximum atomic E-state index is 15.3. The molecule has 7 N–H and O–H groups in total. The minimum absolute atomic E-state index is 0.104. The number of anilines is 2. The van der Waals surface area contributed by atoms with E-state index in [4.69, 9.17) is 48.7 Å². The average molecular weight is 1190 g/mol. The number of phosphoric acid groups is 1. The summed E-state index contributed by atoms with van der Waals surface area (Å²) in [6.07, 6.45) is 9.19. The summed E-state index contributed by atoms with van der Waals surface area (Å²) < 4.78 is 94.3. The van der Waals surface area contributed by atoms with Gasteiger partial charge in [-0.15, -0.1) is 0 Å². The van der Waals surface area contributed by atoms with Crippen molar-refractivity contribution in [2.45, 2.75) is 166 Å². The van der Waals surface area contributed by atoms with Gasteiger partial charge in [0, 0.05) is 53.0 Å². The summed E-state index contributed by atoms with van der Waals surface area (Å²) in [5.41, 5.74) is 6.57. The molecule has 4 aliphatic heterocycles. The molecule has 2 aliphatic carbocycles. The number of hydrogen-bond acceptors (Lipinski definition) is 20. The highest BCUT2D eigenvalue weighted by Crippen LogP contribution is 2.49. The molecule has 0 aromatic carbocycles. The number of alkyl halides is 2. The number of nitrogens with one attached hydrogen (secondary N) is 2. The molecule has 6 fully saturated rings. The van der Waals surface area contributed by atoms with Gasteiger partial charge >= 0.3 is 27.5 Å². The number of hydrogen-bond donors (Lipinski definition) is 6. The molecule has 9 atom stereocenters. The van der Waals surface area contributed by atoms with Crippen LogP contribution in [-0.2, 0) is 56.2 Å². The topological polar surface area (TPSA) is 367 Å². The first kappa shape index (κ1) is 61.6. The number of carbonyl (C=O) groups excluding carboxylic acids is 3. The number of guanidine groups is 1. The van der Waals surface area contributed by atoms with Crippen LogP contribution in [0.3, 0.4) is 0 Å². The number of carbonyl (C=O) groups is 3. The first-order valence-electron chi connectivity index (χ1n) is 27.2. The number of nitrogens with zero attached hydrogens (tertiary/aromatic N) is 11. The molecule has 0 radical (unpaired) electrons. The van der Waals surface area contributed by atoms with Crippen molar-refractivity contribution in [1.82, 2.24) is 53.9 Å². The average Bonchev–Trinajstić information content (AvgIpc) is 3.98. The molecule has 6 aliphatic rings. The summed E-state index contributed by atoms with van der Waals surface area (Å²) in [5, 5.41) is 6.26. The van der Waals surface area contributed by atoms with Crippen LogP contribution in [0.2, 0.25) is 0 Å². The third-order valence-corrected chi connectivity index (χ3v) is 16.4. The molecule has 81 heavy (non-hydrogen) atoms. The van der Waals surface area contributed by atoms with E-state index in [0.29, 0.717) is 25.2 Å². The Balaban J connectivity index is 0.000000162. The van der Waals surface area contributed by atoms with Crippen LogP contribution in [0, 0.1) is 0 Å². The molecule has 1 amide bonds. The van der Waals surface area contributed by atoms with Crippen molar-refractivity contribution < 1.29 is 79.7 Å². The van der Waals surface area contributed by atoms with E-state index in [9.17, 15) is 28.4 Å². The number of esters is 2. The van der Waals surface area contributed by atoms with Gasteiger partial charge in [0.2, 0.25) is 5.91 Å². The van der Waals surface area contributed by atoms with Gasteiger partial charge in [-0.1, -0.05) is 44.9 Å². The number of piperidine rings is 1. The fourth-order valence-electron chi connectivity index (χ4n) is 10.5. The number of imidazole rings is 2. The molecule has 29 nitrogen and oxygen atoms in total. The van der Waals surface area contributed by atoms with Crippen molar-refractivity contribution >= 4 is 73.3 Å². The van der Waals surface area contributed by atoms with Crippen molar-refractivity contribution in [3.05, 3.63) is 25.3 Å². The molecule has 4 aromatic rings. The predicted octanol–water partition coefficient (Wildman–Crippen LogP) is 4.17. The van der Waals surface area contributed by atoms with Crippen LogP contribution in [0.25, 0.3) is 22.3 Å². The summed E-state index contributed by atoms with van der Waals surface area (Å²) in [7, 11) is -8.95. The van der Waals surface area contributed by atoms with Crippen LogP contribution < -0.4 is 16.4 Å². The fourth-order valence-corrected chi connectivity index (χ4v) is 12.1. The second kappa shape index (κ2) is 28.2. The lowest BCUT2D eigenvalue weighted by Gasteiger charge is -2.34. The van der Waals surface area contributed by atoms with E-state index in [-0.39, 0.29) is 34.0 Å². The third-order valence-electron chi connectivity index (χ3n) is 14.4. The smallest absolute Gasteiger partial charge is 0.456 e. The maximum Gasteiger partial charge on any atom is 0.469 e. The Kier molecular flexibility index (Phi) is 21.5. The zero-order valence-electron chi connectivity index (χ0n) is 45.3. The zero-order valence-corrected chi connectivity index (χ0v) is 47.1. The number of morpholine rings is 1. The molecule has 4 aromatic heterocycles. The number of halogens is 2. The van der Waals surface area contributed by atoms with E-state index in [1.165, 1.54) is 110 Å². The Hall–Kier alpha value is -5.46. The van der Waals surface area contributed by atoms with Crippen LogP contribution in [0.1, 0.15) is 117 Å². The number of rotatable bonds is 14. The normalized spacial score (nSPS) is 26.9. The number of phosphoric ester groups is 1. The van der Waals surface area contributed by atoms with Crippen LogP contribution in [-0.4, -0.2) is 189 Å². The highest BCUT2D eigenvalue weighted by molar-refractivity contribution is 7.50. The van der Waals surface area contributed by atoms with Gasteiger partial charge in [-0.2, -0.15) is 0 Å². The van der Waals surface area contributed by atoms with Gasteiger partial charge in [0.1, 0.15) is 30.4 Å². The Morgan fingerprint density at radius 2 is 1.22 bits per heavy atom. The van der Waals surface area contributed by atoms with Gasteiger partial charge in [0.05, 0.1) is 45.1 Å². The van der Waals surface area contributed by atoms with Crippen molar-refractivity contribution in [2.75, 3.05) is 63.7 Å². The summed E-state index contributed by atoms with van der Waals surface area (Å²) >= 11 is 0. The first-order valence-corrected chi connectivity index (χ1v) is 30.2. The highest BCUT2D eigenvalue weighted by Gasteiger charge is 2.51. The van der Waals surface area contributed by atoms with Gasteiger partial charge in [-0.3, -0.25) is 32.6 Å². The standard InChI is InChI=1S/C17H24FN6O6P.C17H31N3O.C14H17FN5O8P/c1-10(25)29-14-11(7-28-31(26,27)23-5-3-2-4-6-23)30-17(12(14)18)24-9-22-13-15(19)20-8-21-16(13)24;1-3-7-15(8-4-1)18-17(20-11-13-21-14-12-20)19-16-9-5-2-6-10-16;1-6(21)19-12-10-13(17-4-16-12)20(5-18-10)14-9(15)11(27-7(2)22)8(28-14)3-26-29(23,24)25/h8-9,11-12,14,17H,2-7H2,1H3,(H,26,27)(H2,19,20,21);15-16H,1-14H2,(H,18,19);4-5,8-9,11,14H,3H2,1-2H3,(H2,23,24,25)(H,16,17,19,21)/t11-,12+,14?,17-;;8-,9+,11?,14-/m1.1/s1. The van der Waals surface area contributed by atoms with Gasteiger partial charge in [0.15, 0.2) is 71.4 Å². The van der Waals surface area contributed by atoms with Crippen molar-refractivity contribution in [1.29, 1.82) is 0 Å². The van der Waals surface area contributed by atoms with Gasteiger partial charge in [-0.05, 0) is 38.5 Å². The lowest BCUT2D eigenvalue weighted by molar-refractivity contribution is -0.152. The molecule has 8 heterocycles. The Morgan fingerprint density at radius 1 is 0.704 bits per heavy atom. The van der Waals surface area contributed by atoms with E-state index in [1.807, 2.05) is 0 Å². The number of ether oxygens (including phenoxy) is 5. The SMILES string of the molecule is C1CCC(N=C(NC2CCCCC2)N2CCOCC2)CC1.CC(=O)Nc1ncnc2c1ncn2[C@@H]1O[C@H](COP(=O)(O)O)C(OC(C)=O)[C@@H]1F.CC(=O)OC1[C@@H](COP(=O)(O)N2CCCCC2)O[C@@H](n2cnc3c(N)ncnc32)[C@H]1F. The van der Waals surface area contributed by atoms with E-state index in [0.717, 1.165) is 65.7 Å². The Bertz CT molecular complexity index is 2880. The summed E-state index contributed by atoms with van der Waals surface area (Å²) in [5.74, 6) is -0.522. The van der Waals surface area contributed by atoms with E-state index in [2.05, 4.69) is 50.0 Å². The second-order valence-corrected chi connectivity index (χ2v) is 23.4. The number of aromatic nitrogens is 8. The molecule has 0 bridgehead atoms. The van der Waals surface area contributed by atoms with Crippen LogP contribution in [0.4, 0.5) is 20.4 Å². The van der Waals surface area contributed by atoms with Crippen molar-refractivity contribution in [3.63, 3.8) is 0 Å². The van der Waals surface area contributed by atoms with Gasteiger partial charge in [-0.25, -0.2) is 57.5 Å². The maximum absolute atomic E-state index is 15.3. The Morgan fingerprint density at radius 3 is 1.78 bits per heavy atom. The van der Waals surface area contributed by atoms with E-state index < -0.39 is 95.8 Å². The monoisotopic (exact) mass is 1180 g/mol. The molecule has 448 valence electrons. The molecule has 33 heteroatoms. The van der Waals surface area contributed by atoms with Crippen LogP contribution in [0.5, 0.6) is 0 Å². The molecule has 0 spiro atoms. The molecular weight excluding hydrogens is 1110 g/mol. The molecule has 3 unspecified atom stereocenters. The van der Waals surface area contributed by atoms with Crippen LogP contribution >= 0.6 is 15.6 Å². The number of fused-ring (bicyclic) bond motifs is 2. The summed E-state index contributed by atoms with van der Waals surface area (Å²) in [6, 6.07) is 1.19. The molecular formula is C48H72F2N14O15P2. The number of nitrogen functional groups attached to an aromatic ring is 1. The number of aliphatic imine (C=N–C) groups is 1. The quantitative estimate of drug-likeness (QED) is 0.0446. The summed E-state index contributed by atoms with van der Waals surface area (Å²) in [6.45, 7) is 6.84.